The molecule has 29 heavy (non-hydrogen) atoms. The van der Waals surface area contributed by atoms with Gasteiger partial charge in [-0.2, -0.15) is 0 Å². The van der Waals surface area contributed by atoms with Crippen LogP contribution in [0.2, 0.25) is 0 Å². The molecule has 8 heteroatoms. The molecule has 0 spiro atoms. The SMILES string of the molecule is CC1(O)CCC(C(C)(C)OC2OC(CO)C(O)C(O)C2O)CC2C(CO)CCC21. The Labute approximate surface area is 172 Å². The van der Waals surface area contributed by atoms with Crippen LogP contribution in [-0.4, -0.2) is 85.8 Å². The summed E-state index contributed by atoms with van der Waals surface area (Å²) < 4.78 is 11.7. The van der Waals surface area contributed by atoms with Crippen LogP contribution in [0.4, 0.5) is 0 Å². The van der Waals surface area contributed by atoms with Crippen LogP contribution in [-0.2, 0) is 9.47 Å². The van der Waals surface area contributed by atoms with E-state index in [1.807, 2.05) is 20.8 Å². The van der Waals surface area contributed by atoms with Crippen molar-refractivity contribution in [1.29, 1.82) is 0 Å². The van der Waals surface area contributed by atoms with Crippen LogP contribution in [0.3, 0.4) is 0 Å². The van der Waals surface area contributed by atoms with Crippen LogP contribution >= 0.6 is 0 Å². The molecule has 0 amide bonds. The molecule has 1 heterocycles. The molecule has 3 aliphatic rings. The summed E-state index contributed by atoms with van der Waals surface area (Å²) in [5.41, 5.74) is -1.54. The Hall–Kier alpha value is -0.320. The smallest absolute Gasteiger partial charge is 0.187 e. The third kappa shape index (κ3) is 4.50. The van der Waals surface area contributed by atoms with E-state index in [9.17, 15) is 30.6 Å². The first-order chi connectivity index (χ1) is 13.5. The lowest BCUT2D eigenvalue weighted by Gasteiger charge is -2.45. The van der Waals surface area contributed by atoms with E-state index in [1.54, 1.807) is 0 Å². The van der Waals surface area contributed by atoms with E-state index in [0.29, 0.717) is 6.42 Å². The fourth-order valence-corrected chi connectivity index (χ4v) is 5.80. The van der Waals surface area contributed by atoms with Gasteiger partial charge < -0.3 is 40.1 Å². The quantitative estimate of drug-likeness (QED) is 0.360. The molecule has 170 valence electrons. The van der Waals surface area contributed by atoms with Crippen LogP contribution in [0.15, 0.2) is 0 Å². The molecule has 3 rings (SSSR count). The number of aliphatic hydroxyl groups is 6. The highest BCUT2D eigenvalue weighted by Gasteiger charge is 2.52. The molecule has 0 aromatic carbocycles. The van der Waals surface area contributed by atoms with Gasteiger partial charge in [-0.15, -0.1) is 0 Å². The summed E-state index contributed by atoms with van der Waals surface area (Å²) in [5, 5.41) is 60.6. The van der Waals surface area contributed by atoms with Crippen molar-refractivity contribution in [1.82, 2.24) is 0 Å². The third-order valence-electron chi connectivity index (χ3n) is 7.81. The molecule has 1 aliphatic heterocycles. The van der Waals surface area contributed by atoms with Gasteiger partial charge in [-0.25, -0.2) is 0 Å². The molecule has 2 aliphatic carbocycles. The van der Waals surface area contributed by atoms with Gasteiger partial charge in [0.15, 0.2) is 6.29 Å². The van der Waals surface area contributed by atoms with Crippen LogP contribution in [0, 0.1) is 23.7 Å². The van der Waals surface area contributed by atoms with Crippen molar-refractivity contribution >= 4 is 0 Å². The van der Waals surface area contributed by atoms with E-state index in [1.165, 1.54) is 0 Å². The minimum Gasteiger partial charge on any atom is -0.396 e. The fourth-order valence-electron chi connectivity index (χ4n) is 5.80. The number of hydrogen-bond acceptors (Lipinski definition) is 8. The molecule has 10 atom stereocenters. The van der Waals surface area contributed by atoms with Gasteiger partial charge in [0.05, 0.1) is 17.8 Å². The second-order valence-corrected chi connectivity index (χ2v) is 10.0. The summed E-state index contributed by atoms with van der Waals surface area (Å²) >= 11 is 0. The Kier molecular flexibility index (Phi) is 6.98. The Morgan fingerprint density at radius 3 is 2.31 bits per heavy atom. The maximum atomic E-state index is 11.0. The predicted molar refractivity (Wildman–Crippen MR) is 104 cm³/mol. The van der Waals surface area contributed by atoms with Gasteiger partial charge in [0.1, 0.15) is 24.4 Å². The molecular weight excluding hydrogens is 380 g/mol. The van der Waals surface area contributed by atoms with Gasteiger partial charge in [-0.05, 0) is 76.5 Å². The summed E-state index contributed by atoms with van der Waals surface area (Å²) in [7, 11) is 0. The summed E-state index contributed by atoms with van der Waals surface area (Å²) in [4.78, 5) is 0. The van der Waals surface area contributed by atoms with Crippen molar-refractivity contribution in [2.45, 2.75) is 94.8 Å². The number of fused-ring (bicyclic) bond motifs is 1. The van der Waals surface area contributed by atoms with E-state index in [-0.39, 0.29) is 30.3 Å². The highest BCUT2D eigenvalue weighted by atomic mass is 16.7. The lowest BCUT2D eigenvalue weighted by Crippen LogP contribution is -2.60. The number of rotatable bonds is 5. The first-order valence-corrected chi connectivity index (χ1v) is 10.8. The molecule has 2 saturated carbocycles. The molecule has 0 bridgehead atoms. The molecule has 0 radical (unpaired) electrons. The number of aliphatic hydroxyl groups excluding tert-OH is 5. The van der Waals surface area contributed by atoms with Gasteiger partial charge in [-0.3, -0.25) is 0 Å². The average molecular weight is 419 g/mol. The molecule has 6 N–H and O–H groups in total. The lowest BCUT2D eigenvalue weighted by atomic mass is 9.76. The summed E-state index contributed by atoms with van der Waals surface area (Å²) in [5.74, 6) is 0.548. The Morgan fingerprint density at radius 1 is 1.00 bits per heavy atom. The largest absolute Gasteiger partial charge is 0.396 e. The Morgan fingerprint density at radius 2 is 1.69 bits per heavy atom. The zero-order valence-electron chi connectivity index (χ0n) is 17.6. The van der Waals surface area contributed by atoms with Crippen LogP contribution in [0.25, 0.3) is 0 Å². The maximum Gasteiger partial charge on any atom is 0.187 e. The first-order valence-electron chi connectivity index (χ1n) is 10.8. The normalized spacial score (nSPS) is 48.9. The van der Waals surface area contributed by atoms with Crippen molar-refractivity contribution in [3.63, 3.8) is 0 Å². The van der Waals surface area contributed by atoms with Crippen LogP contribution in [0.1, 0.15) is 52.9 Å². The Balaban J connectivity index is 1.76. The third-order valence-corrected chi connectivity index (χ3v) is 7.81. The monoisotopic (exact) mass is 418 g/mol. The topological polar surface area (TPSA) is 140 Å². The second kappa shape index (κ2) is 8.67. The summed E-state index contributed by atoms with van der Waals surface area (Å²) in [6.07, 6.45) is -2.58. The highest BCUT2D eigenvalue weighted by Crippen LogP contribution is 2.52. The van der Waals surface area contributed by atoms with Gasteiger partial charge in [-0.1, -0.05) is 0 Å². The minimum atomic E-state index is -1.48. The minimum absolute atomic E-state index is 0.0449. The molecule has 1 saturated heterocycles. The van der Waals surface area contributed by atoms with Crippen molar-refractivity contribution in [2.75, 3.05) is 13.2 Å². The molecule has 0 aromatic rings. The highest BCUT2D eigenvalue weighted by molar-refractivity contribution is 5.01. The van der Waals surface area contributed by atoms with Crippen molar-refractivity contribution in [2.24, 2.45) is 23.7 Å². The predicted octanol–water partition coefficient (Wildman–Crippen LogP) is -0.233. The maximum absolute atomic E-state index is 11.0. The number of ether oxygens (including phenoxy) is 2. The molecule has 0 aromatic heterocycles. The zero-order chi connectivity index (χ0) is 21.6. The van der Waals surface area contributed by atoms with Crippen molar-refractivity contribution in [3.8, 4) is 0 Å². The first kappa shape index (κ1) is 23.3. The average Bonchev–Trinajstić information content (AvgIpc) is 3.03. The lowest BCUT2D eigenvalue weighted by molar-refractivity contribution is -0.329. The second-order valence-electron chi connectivity index (χ2n) is 10.0. The van der Waals surface area contributed by atoms with Crippen molar-refractivity contribution in [3.05, 3.63) is 0 Å². The van der Waals surface area contributed by atoms with Crippen LogP contribution < -0.4 is 0 Å². The van der Waals surface area contributed by atoms with Gasteiger partial charge >= 0.3 is 0 Å². The van der Waals surface area contributed by atoms with Crippen LogP contribution in [0.5, 0.6) is 0 Å². The molecular formula is C21H38O8. The zero-order valence-corrected chi connectivity index (χ0v) is 17.6. The number of hydrogen-bond donors (Lipinski definition) is 6. The van der Waals surface area contributed by atoms with Crippen molar-refractivity contribution < 1.29 is 40.1 Å². The van der Waals surface area contributed by atoms with E-state index >= 15 is 0 Å². The molecule has 3 fully saturated rings. The van der Waals surface area contributed by atoms with Gasteiger partial charge in [0, 0.05) is 6.61 Å². The van der Waals surface area contributed by atoms with E-state index in [4.69, 9.17) is 9.47 Å². The van der Waals surface area contributed by atoms with E-state index in [2.05, 4.69) is 0 Å². The van der Waals surface area contributed by atoms with Gasteiger partial charge in [0.2, 0.25) is 0 Å². The fraction of sp³-hybridized carbons (Fsp3) is 1.00. The Bertz CT molecular complexity index is 551. The van der Waals surface area contributed by atoms with Gasteiger partial charge in [0.25, 0.3) is 0 Å². The summed E-state index contributed by atoms with van der Waals surface area (Å²) in [6.45, 7) is 5.30. The standard InChI is InChI=1S/C21H38O8/c1-20(2,29-19-18(26)17(25)16(24)15(10-23)28-19)12-6-7-21(3,27)14-5-4-11(9-22)13(14)8-12/h11-19,22-27H,4-10H2,1-3H3. The summed E-state index contributed by atoms with van der Waals surface area (Å²) in [6, 6.07) is 0. The van der Waals surface area contributed by atoms with E-state index < -0.39 is 48.5 Å². The molecule has 8 nitrogen and oxygen atoms in total. The molecule has 10 unspecified atom stereocenters. The van der Waals surface area contributed by atoms with E-state index in [0.717, 1.165) is 25.7 Å².